The van der Waals surface area contributed by atoms with Crippen LogP contribution in [-0.4, -0.2) is 16.1 Å². The Morgan fingerprint density at radius 1 is 1.28 bits per heavy atom. The number of hydrogen-bond donors (Lipinski definition) is 1. The van der Waals surface area contributed by atoms with Gasteiger partial charge in [0.1, 0.15) is 17.6 Å². The summed E-state index contributed by atoms with van der Waals surface area (Å²) in [5.74, 6) is 1.42. The van der Waals surface area contributed by atoms with Gasteiger partial charge in [-0.15, -0.1) is 0 Å². The summed E-state index contributed by atoms with van der Waals surface area (Å²) in [4.78, 5) is 7.74. The highest BCUT2D eigenvalue weighted by molar-refractivity contribution is 5.90. The molecule has 1 N–H and O–H groups in total. The average molecular weight is 331 g/mol. The first-order chi connectivity index (χ1) is 12.1. The van der Waals surface area contributed by atoms with Crippen molar-refractivity contribution in [2.45, 2.75) is 33.3 Å². The zero-order valence-electron chi connectivity index (χ0n) is 14.7. The summed E-state index contributed by atoms with van der Waals surface area (Å²) in [6, 6.07) is 16.0. The predicted octanol–water partition coefficient (Wildman–Crippen LogP) is 5.11. The van der Waals surface area contributed by atoms with E-state index in [4.69, 9.17) is 4.74 Å². The fourth-order valence-electron chi connectivity index (χ4n) is 2.53. The summed E-state index contributed by atoms with van der Waals surface area (Å²) >= 11 is 0. The van der Waals surface area contributed by atoms with Crippen molar-refractivity contribution in [1.29, 1.82) is 5.26 Å². The fraction of sp³-hybridized carbons (Fsp3) is 0.238. The lowest BCUT2D eigenvalue weighted by molar-refractivity contribution is 0.217. The number of imidazole rings is 1. The van der Waals surface area contributed by atoms with E-state index in [1.807, 2.05) is 62.4 Å². The van der Waals surface area contributed by atoms with E-state index in [0.717, 1.165) is 34.3 Å². The van der Waals surface area contributed by atoms with Crippen LogP contribution in [0.4, 0.5) is 0 Å². The Morgan fingerprint density at radius 3 is 2.72 bits per heavy atom. The van der Waals surface area contributed by atoms with Gasteiger partial charge in [-0.3, -0.25) is 0 Å². The third kappa shape index (κ3) is 3.89. The molecule has 25 heavy (non-hydrogen) atoms. The van der Waals surface area contributed by atoms with E-state index in [1.165, 1.54) is 0 Å². The van der Waals surface area contributed by atoms with Crippen LogP contribution in [0.2, 0.25) is 0 Å². The Morgan fingerprint density at radius 2 is 2.04 bits per heavy atom. The normalized spacial score (nSPS) is 12.8. The molecule has 2 aromatic carbocycles. The van der Waals surface area contributed by atoms with Crippen molar-refractivity contribution in [3.63, 3.8) is 0 Å². The van der Waals surface area contributed by atoms with Gasteiger partial charge in [-0.1, -0.05) is 25.1 Å². The molecule has 0 bridgehead atoms. The maximum atomic E-state index is 9.52. The second kappa shape index (κ2) is 7.23. The molecule has 4 heteroatoms. The number of benzene rings is 2. The van der Waals surface area contributed by atoms with Gasteiger partial charge in [0, 0.05) is 0 Å². The standard InChI is InChI=1S/C21H21N3O/c1-4-15(3)25-18-8-6-16(7-9-18)12-17(13-22)21-23-19-10-5-14(2)11-20(19)24-21/h5-12,15H,4H2,1-3H3,(H,23,24). The third-order valence-corrected chi connectivity index (χ3v) is 4.12. The molecule has 0 aliphatic carbocycles. The van der Waals surface area contributed by atoms with Crippen LogP contribution in [0.25, 0.3) is 22.7 Å². The number of H-pyrrole nitrogens is 1. The van der Waals surface area contributed by atoms with E-state index in [1.54, 1.807) is 0 Å². The smallest absolute Gasteiger partial charge is 0.149 e. The minimum atomic E-state index is 0.190. The summed E-state index contributed by atoms with van der Waals surface area (Å²) in [6.07, 6.45) is 2.98. The van der Waals surface area contributed by atoms with Crippen molar-refractivity contribution < 1.29 is 4.74 Å². The minimum Gasteiger partial charge on any atom is -0.491 e. The highest BCUT2D eigenvalue weighted by atomic mass is 16.5. The fourth-order valence-corrected chi connectivity index (χ4v) is 2.53. The molecule has 0 fully saturated rings. The molecule has 0 saturated heterocycles. The Hall–Kier alpha value is -3.06. The summed E-state index contributed by atoms with van der Waals surface area (Å²) in [7, 11) is 0. The summed E-state index contributed by atoms with van der Waals surface area (Å²) in [6.45, 7) is 6.17. The van der Waals surface area contributed by atoms with Gasteiger partial charge < -0.3 is 9.72 Å². The monoisotopic (exact) mass is 331 g/mol. The number of aromatic amines is 1. The molecule has 0 radical (unpaired) electrons. The predicted molar refractivity (Wildman–Crippen MR) is 101 cm³/mol. The minimum absolute atomic E-state index is 0.190. The van der Waals surface area contributed by atoms with Crippen LogP contribution in [0.5, 0.6) is 5.75 Å². The molecular formula is C21H21N3O. The quantitative estimate of drug-likeness (QED) is 0.661. The number of aromatic nitrogens is 2. The van der Waals surface area contributed by atoms with Crippen molar-refractivity contribution >= 4 is 22.7 Å². The highest BCUT2D eigenvalue weighted by Gasteiger charge is 2.08. The first-order valence-electron chi connectivity index (χ1n) is 8.44. The number of ether oxygens (including phenoxy) is 1. The number of rotatable bonds is 5. The van der Waals surface area contributed by atoms with Gasteiger partial charge in [0.15, 0.2) is 0 Å². The summed E-state index contributed by atoms with van der Waals surface area (Å²) < 4.78 is 5.78. The zero-order chi connectivity index (χ0) is 17.8. The number of fused-ring (bicyclic) bond motifs is 1. The number of hydrogen-bond acceptors (Lipinski definition) is 3. The van der Waals surface area contributed by atoms with Gasteiger partial charge >= 0.3 is 0 Å². The van der Waals surface area contributed by atoms with Crippen LogP contribution < -0.4 is 4.74 Å². The van der Waals surface area contributed by atoms with Crippen LogP contribution in [0.1, 0.15) is 37.2 Å². The Kier molecular flexibility index (Phi) is 4.85. The van der Waals surface area contributed by atoms with E-state index in [0.29, 0.717) is 11.4 Å². The average Bonchev–Trinajstić information content (AvgIpc) is 3.03. The first kappa shape index (κ1) is 16.8. The Labute approximate surface area is 147 Å². The molecule has 126 valence electrons. The van der Waals surface area contributed by atoms with E-state index in [9.17, 15) is 5.26 Å². The first-order valence-corrected chi connectivity index (χ1v) is 8.44. The topological polar surface area (TPSA) is 61.7 Å². The van der Waals surface area contributed by atoms with Crippen molar-refractivity contribution in [3.05, 3.63) is 59.4 Å². The molecule has 1 heterocycles. The Bertz CT molecular complexity index is 945. The van der Waals surface area contributed by atoms with Crippen molar-refractivity contribution in [2.75, 3.05) is 0 Å². The second-order valence-corrected chi connectivity index (χ2v) is 6.18. The zero-order valence-corrected chi connectivity index (χ0v) is 14.7. The molecule has 1 atom stereocenters. The van der Waals surface area contributed by atoms with Crippen molar-refractivity contribution in [2.24, 2.45) is 0 Å². The van der Waals surface area contributed by atoms with Gasteiger partial charge in [-0.25, -0.2) is 4.98 Å². The SMILES string of the molecule is CCC(C)Oc1ccc(C=C(C#N)c2nc3ccc(C)cc3[nH]2)cc1. The number of nitrogens with one attached hydrogen (secondary N) is 1. The van der Waals surface area contributed by atoms with Crippen molar-refractivity contribution in [3.8, 4) is 11.8 Å². The summed E-state index contributed by atoms with van der Waals surface area (Å²) in [5, 5.41) is 9.52. The number of aryl methyl sites for hydroxylation is 1. The number of allylic oxidation sites excluding steroid dienone is 1. The third-order valence-electron chi connectivity index (χ3n) is 4.12. The summed E-state index contributed by atoms with van der Waals surface area (Å²) in [5.41, 5.74) is 4.39. The molecule has 0 amide bonds. The van der Waals surface area contributed by atoms with Crippen LogP contribution in [0.3, 0.4) is 0 Å². The lowest BCUT2D eigenvalue weighted by atomic mass is 10.1. The highest BCUT2D eigenvalue weighted by Crippen LogP contribution is 2.21. The largest absolute Gasteiger partial charge is 0.491 e. The Balaban J connectivity index is 1.87. The van der Waals surface area contributed by atoms with Gasteiger partial charge in [0.25, 0.3) is 0 Å². The number of nitrogens with zero attached hydrogens (tertiary/aromatic N) is 2. The molecular weight excluding hydrogens is 310 g/mol. The van der Waals surface area contributed by atoms with E-state index in [2.05, 4.69) is 23.0 Å². The van der Waals surface area contributed by atoms with Gasteiger partial charge in [0.05, 0.1) is 22.7 Å². The van der Waals surface area contributed by atoms with E-state index >= 15 is 0 Å². The van der Waals surface area contributed by atoms with E-state index < -0.39 is 0 Å². The van der Waals surface area contributed by atoms with Crippen LogP contribution >= 0.6 is 0 Å². The molecule has 0 aliphatic heterocycles. The molecule has 1 unspecified atom stereocenters. The molecule has 0 aliphatic rings. The molecule has 3 aromatic rings. The molecule has 4 nitrogen and oxygen atoms in total. The second-order valence-electron chi connectivity index (χ2n) is 6.18. The lowest BCUT2D eigenvalue weighted by Crippen LogP contribution is -2.09. The van der Waals surface area contributed by atoms with E-state index in [-0.39, 0.29) is 6.10 Å². The maximum Gasteiger partial charge on any atom is 0.149 e. The van der Waals surface area contributed by atoms with Crippen LogP contribution in [0, 0.1) is 18.3 Å². The van der Waals surface area contributed by atoms with Crippen LogP contribution in [0.15, 0.2) is 42.5 Å². The molecule has 0 saturated carbocycles. The maximum absolute atomic E-state index is 9.52. The van der Waals surface area contributed by atoms with Gasteiger partial charge in [-0.05, 0) is 61.7 Å². The van der Waals surface area contributed by atoms with Crippen LogP contribution in [-0.2, 0) is 0 Å². The molecule has 0 spiro atoms. The molecule has 1 aromatic heterocycles. The van der Waals surface area contributed by atoms with Gasteiger partial charge in [-0.2, -0.15) is 5.26 Å². The lowest BCUT2D eigenvalue weighted by Gasteiger charge is -2.12. The number of nitriles is 1. The van der Waals surface area contributed by atoms with Gasteiger partial charge in [0.2, 0.25) is 0 Å². The van der Waals surface area contributed by atoms with Crippen molar-refractivity contribution in [1.82, 2.24) is 9.97 Å². The molecule has 3 rings (SSSR count).